The molecule has 0 bridgehead atoms. The monoisotopic (exact) mass is 415 g/mol. The van der Waals surface area contributed by atoms with Crippen LogP contribution in [-0.2, 0) is 21.2 Å². The van der Waals surface area contributed by atoms with E-state index in [0.717, 1.165) is 11.1 Å². The summed E-state index contributed by atoms with van der Waals surface area (Å²) in [6.45, 7) is 5.47. The highest BCUT2D eigenvalue weighted by Crippen LogP contribution is 2.20. The number of carbonyl (C=O) groups is 1. The molecule has 8 heteroatoms. The molecule has 152 valence electrons. The fourth-order valence-electron chi connectivity index (χ4n) is 2.92. The van der Waals surface area contributed by atoms with Crippen LogP contribution < -0.4 is 5.32 Å². The Morgan fingerprint density at radius 2 is 1.83 bits per heavy atom. The van der Waals surface area contributed by atoms with Crippen LogP contribution in [0.1, 0.15) is 22.3 Å². The Labute approximate surface area is 169 Å². The lowest BCUT2D eigenvalue weighted by molar-refractivity contribution is -0.118. The number of nitrogens with zero attached hydrogens (tertiary/aromatic N) is 2. The number of rotatable bonds is 6. The van der Waals surface area contributed by atoms with Crippen molar-refractivity contribution in [1.82, 2.24) is 14.9 Å². The van der Waals surface area contributed by atoms with Crippen molar-refractivity contribution in [2.45, 2.75) is 32.5 Å². The van der Waals surface area contributed by atoms with Gasteiger partial charge in [0.25, 0.3) is 0 Å². The summed E-state index contributed by atoms with van der Waals surface area (Å²) in [5.41, 5.74) is 3.61. The summed E-state index contributed by atoms with van der Waals surface area (Å²) in [4.78, 5) is 16.2. The number of hydrogen-bond acceptors (Lipinski definition) is 4. The first kappa shape index (κ1) is 20.7. The molecule has 2 aromatic carbocycles. The van der Waals surface area contributed by atoms with Crippen molar-refractivity contribution < 1.29 is 17.6 Å². The third kappa shape index (κ3) is 4.71. The molecule has 0 saturated carbocycles. The first-order valence-corrected chi connectivity index (χ1v) is 10.7. The number of benzene rings is 2. The molecule has 0 saturated heterocycles. The second-order valence-corrected chi connectivity index (χ2v) is 8.87. The number of amides is 1. The smallest absolute Gasteiger partial charge is 0.235 e. The zero-order valence-electron chi connectivity index (χ0n) is 16.4. The molecule has 6 nitrogen and oxygen atoms in total. The van der Waals surface area contributed by atoms with E-state index in [1.54, 1.807) is 25.3 Å². The molecule has 3 rings (SSSR count). The van der Waals surface area contributed by atoms with Gasteiger partial charge >= 0.3 is 0 Å². The van der Waals surface area contributed by atoms with Gasteiger partial charge in [0.1, 0.15) is 11.6 Å². The van der Waals surface area contributed by atoms with Crippen LogP contribution in [0.25, 0.3) is 5.69 Å². The minimum absolute atomic E-state index is 0.0387. The molecule has 29 heavy (non-hydrogen) atoms. The van der Waals surface area contributed by atoms with Gasteiger partial charge in [-0.25, -0.2) is 17.8 Å². The predicted octanol–water partition coefficient (Wildman–Crippen LogP) is 3.03. The quantitative estimate of drug-likeness (QED) is 0.671. The molecule has 1 heterocycles. The Bertz CT molecular complexity index is 1170. The fraction of sp³-hybridized carbons (Fsp3) is 0.238. The Kier molecular flexibility index (Phi) is 5.83. The third-order valence-electron chi connectivity index (χ3n) is 4.56. The molecule has 0 aliphatic carbocycles. The van der Waals surface area contributed by atoms with E-state index in [2.05, 4.69) is 10.3 Å². The summed E-state index contributed by atoms with van der Waals surface area (Å²) in [6.07, 6.45) is 2.95. The lowest BCUT2D eigenvalue weighted by Crippen LogP contribution is -2.31. The van der Waals surface area contributed by atoms with E-state index in [4.69, 9.17) is 0 Å². The summed E-state index contributed by atoms with van der Waals surface area (Å²) in [5.74, 6) is -1.80. The number of imidazole rings is 1. The normalized spacial score (nSPS) is 11.4. The standard InChI is InChI=1S/C21H22FN3O3S/c1-14-4-5-16(3)19(10-14)25-9-8-23-21(25)29(27,28)13-20(26)24-12-17-7-6-15(2)18(22)11-17/h4-11H,12-13H2,1-3H3,(H,24,26). The summed E-state index contributed by atoms with van der Waals surface area (Å²) < 4.78 is 40.7. The van der Waals surface area contributed by atoms with Crippen LogP contribution in [0.2, 0.25) is 0 Å². The average molecular weight is 415 g/mol. The van der Waals surface area contributed by atoms with E-state index in [9.17, 15) is 17.6 Å². The SMILES string of the molecule is Cc1ccc(C)c(-n2ccnc2S(=O)(=O)CC(=O)NCc2ccc(C)c(F)c2)c1. The molecule has 0 spiro atoms. The van der Waals surface area contributed by atoms with E-state index in [1.165, 1.54) is 16.8 Å². The molecular formula is C21H22FN3O3S. The second-order valence-electron chi connectivity index (χ2n) is 6.99. The lowest BCUT2D eigenvalue weighted by atomic mass is 10.1. The topological polar surface area (TPSA) is 81.1 Å². The molecule has 0 unspecified atom stereocenters. The molecule has 0 aliphatic heterocycles. The van der Waals surface area contributed by atoms with E-state index < -0.39 is 21.5 Å². The number of aromatic nitrogens is 2. The number of halogens is 1. The van der Waals surface area contributed by atoms with Crippen molar-refractivity contribution in [1.29, 1.82) is 0 Å². The third-order valence-corrected chi connectivity index (χ3v) is 6.06. The first-order chi connectivity index (χ1) is 13.7. The maximum atomic E-state index is 13.6. The van der Waals surface area contributed by atoms with Gasteiger partial charge in [0.05, 0.1) is 5.69 Å². The number of sulfone groups is 1. The number of nitrogens with one attached hydrogen (secondary N) is 1. The average Bonchev–Trinajstić information content (AvgIpc) is 3.15. The zero-order chi connectivity index (χ0) is 21.2. The van der Waals surface area contributed by atoms with Crippen LogP contribution >= 0.6 is 0 Å². The summed E-state index contributed by atoms with van der Waals surface area (Å²) in [5, 5.41) is 2.33. The molecule has 1 N–H and O–H groups in total. The number of aryl methyl sites for hydroxylation is 3. The molecular weight excluding hydrogens is 393 g/mol. The maximum absolute atomic E-state index is 13.6. The van der Waals surface area contributed by atoms with Gasteiger partial charge in [-0.1, -0.05) is 24.3 Å². The maximum Gasteiger partial charge on any atom is 0.235 e. The van der Waals surface area contributed by atoms with Crippen molar-refractivity contribution >= 4 is 15.7 Å². The molecule has 1 amide bonds. The zero-order valence-corrected chi connectivity index (χ0v) is 17.3. The van der Waals surface area contributed by atoms with Crippen molar-refractivity contribution in [2.75, 3.05) is 5.75 Å². The second kappa shape index (κ2) is 8.16. The van der Waals surface area contributed by atoms with Crippen LogP contribution in [0.5, 0.6) is 0 Å². The molecule has 0 radical (unpaired) electrons. The van der Waals surface area contributed by atoms with Crippen molar-refractivity contribution in [3.05, 3.63) is 76.9 Å². The Hall–Kier alpha value is -3.00. The highest BCUT2D eigenvalue weighted by molar-refractivity contribution is 7.92. The van der Waals surface area contributed by atoms with Crippen LogP contribution in [0, 0.1) is 26.6 Å². The van der Waals surface area contributed by atoms with Gasteiger partial charge in [0.2, 0.25) is 20.9 Å². The molecule has 0 fully saturated rings. The molecule has 3 aromatic rings. The van der Waals surface area contributed by atoms with Gasteiger partial charge in [0.15, 0.2) is 0 Å². The largest absolute Gasteiger partial charge is 0.351 e. The highest BCUT2D eigenvalue weighted by atomic mass is 32.2. The highest BCUT2D eigenvalue weighted by Gasteiger charge is 2.25. The van der Waals surface area contributed by atoms with E-state index in [0.29, 0.717) is 16.8 Å². The molecule has 0 atom stereocenters. The number of carbonyl (C=O) groups excluding carboxylic acids is 1. The minimum Gasteiger partial charge on any atom is -0.351 e. The van der Waals surface area contributed by atoms with Gasteiger partial charge in [-0.05, 0) is 55.2 Å². The summed E-state index contributed by atoms with van der Waals surface area (Å²) in [6, 6.07) is 10.3. The van der Waals surface area contributed by atoms with Crippen LogP contribution in [0.15, 0.2) is 53.9 Å². The van der Waals surface area contributed by atoms with Gasteiger partial charge in [0, 0.05) is 18.9 Å². The fourth-order valence-corrected chi connectivity index (χ4v) is 4.17. The van der Waals surface area contributed by atoms with Crippen LogP contribution in [-0.4, -0.2) is 29.6 Å². The van der Waals surface area contributed by atoms with E-state index >= 15 is 0 Å². The van der Waals surface area contributed by atoms with E-state index in [1.807, 2.05) is 32.0 Å². The van der Waals surface area contributed by atoms with Gasteiger partial charge < -0.3 is 5.32 Å². The Morgan fingerprint density at radius 3 is 2.55 bits per heavy atom. The predicted molar refractivity (Wildman–Crippen MR) is 108 cm³/mol. The minimum atomic E-state index is -3.98. The van der Waals surface area contributed by atoms with Gasteiger partial charge in [-0.3, -0.25) is 9.36 Å². The van der Waals surface area contributed by atoms with Crippen LogP contribution in [0.4, 0.5) is 4.39 Å². The van der Waals surface area contributed by atoms with Crippen molar-refractivity contribution in [2.24, 2.45) is 0 Å². The number of hydrogen-bond donors (Lipinski definition) is 1. The lowest BCUT2D eigenvalue weighted by Gasteiger charge is -2.12. The Morgan fingerprint density at radius 1 is 1.10 bits per heavy atom. The van der Waals surface area contributed by atoms with Gasteiger partial charge in [-0.2, -0.15) is 0 Å². The first-order valence-electron chi connectivity index (χ1n) is 9.03. The van der Waals surface area contributed by atoms with E-state index in [-0.39, 0.29) is 17.5 Å². The van der Waals surface area contributed by atoms with Crippen LogP contribution in [0.3, 0.4) is 0 Å². The molecule has 1 aromatic heterocycles. The summed E-state index contributed by atoms with van der Waals surface area (Å²) in [7, 11) is -3.98. The molecule has 0 aliphatic rings. The van der Waals surface area contributed by atoms with Crippen molar-refractivity contribution in [3.63, 3.8) is 0 Å². The van der Waals surface area contributed by atoms with Crippen molar-refractivity contribution in [3.8, 4) is 5.69 Å². The van der Waals surface area contributed by atoms with Gasteiger partial charge in [-0.15, -0.1) is 0 Å². The Balaban J connectivity index is 1.76. The summed E-state index contributed by atoms with van der Waals surface area (Å²) >= 11 is 0.